The summed E-state index contributed by atoms with van der Waals surface area (Å²) >= 11 is 0. The Kier molecular flexibility index (Phi) is 1.60. The van der Waals surface area contributed by atoms with Crippen molar-refractivity contribution in [2.75, 3.05) is 0 Å². The number of nitrogens with zero attached hydrogens (tertiary/aromatic N) is 2. The van der Waals surface area contributed by atoms with E-state index in [9.17, 15) is 4.79 Å². The number of carbonyl (C=O) groups is 1. The molecule has 4 nitrogen and oxygen atoms in total. The van der Waals surface area contributed by atoms with E-state index in [1.54, 1.807) is 17.1 Å². The number of carboxylic acid groups (broad SMARTS) is 1. The lowest BCUT2D eigenvalue weighted by molar-refractivity contribution is -0.141. The summed E-state index contributed by atoms with van der Waals surface area (Å²) in [5.74, 6) is -0.756. The van der Waals surface area contributed by atoms with Crippen LogP contribution in [-0.2, 0) is 11.2 Å². The Labute approximate surface area is 69.8 Å². The molecule has 1 atom stereocenters. The van der Waals surface area contributed by atoms with Crippen molar-refractivity contribution in [3.05, 3.63) is 18.2 Å². The molecule has 12 heavy (non-hydrogen) atoms. The normalized spacial score (nSPS) is 21.8. The zero-order valence-corrected chi connectivity index (χ0v) is 6.60. The Morgan fingerprint density at radius 2 is 2.58 bits per heavy atom. The lowest BCUT2D eigenvalue weighted by Gasteiger charge is -2.21. The molecule has 0 aromatic carbocycles. The van der Waals surface area contributed by atoms with Crippen LogP contribution in [0.15, 0.2) is 12.5 Å². The molecule has 1 aromatic heterocycles. The van der Waals surface area contributed by atoms with Crippen LogP contribution in [0, 0.1) is 0 Å². The van der Waals surface area contributed by atoms with E-state index in [4.69, 9.17) is 5.11 Å². The molecule has 1 aliphatic rings. The van der Waals surface area contributed by atoms with Crippen LogP contribution in [0.25, 0.3) is 0 Å². The molecule has 0 aliphatic carbocycles. The van der Waals surface area contributed by atoms with Crippen LogP contribution in [0.1, 0.15) is 24.6 Å². The molecule has 0 saturated carbocycles. The van der Waals surface area contributed by atoms with Crippen molar-refractivity contribution in [1.29, 1.82) is 0 Å². The fourth-order valence-electron chi connectivity index (χ4n) is 1.66. The van der Waals surface area contributed by atoms with Crippen LogP contribution in [0.5, 0.6) is 0 Å². The third kappa shape index (κ3) is 0.995. The molecular weight excluding hydrogens is 156 g/mol. The van der Waals surface area contributed by atoms with E-state index in [-0.39, 0.29) is 0 Å². The third-order valence-corrected chi connectivity index (χ3v) is 2.28. The van der Waals surface area contributed by atoms with Gasteiger partial charge in [0.25, 0.3) is 0 Å². The van der Waals surface area contributed by atoms with Gasteiger partial charge in [-0.05, 0) is 19.3 Å². The van der Waals surface area contributed by atoms with Crippen molar-refractivity contribution in [2.24, 2.45) is 0 Å². The summed E-state index contributed by atoms with van der Waals surface area (Å²) in [5, 5.41) is 8.85. The number of aromatic nitrogens is 2. The lowest BCUT2D eigenvalue weighted by Crippen LogP contribution is -2.23. The highest BCUT2D eigenvalue weighted by Gasteiger charge is 2.24. The molecule has 0 radical (unpaired) electrons. The number of imidazole rings is 1. The smallest absolute Gasteiger partial charge is 0.326 e. The molecule has 0 amide bonds. The molecule has 4 heteroatoms. The van der Waals surface area contributed by atoms with Crippen molar-refractivity contribution >= 4 is 5.97 Å². The molecule has 0 spiro atoms. The molecule has 1 aromatic rings. The van der Waals surface area contributed by atoms with Gasteiger partial charge in [0.1, 0.15) is 6.04 Å². The summed E-state index contributed by atoms with van der Waals surface area (Å²) in [5.41, 5.74) is 1.04. The zero-order valence-electron chi connectivity index (χ0n) is 6.60. The van der Waals surface area contributed by atoms with Gasteiger partial charge in [0, 0.05) is 11.9 Å². The first-order chi connectivity index (χ1) is 5.79. The third-order valence-electron chi connectivity index (χ3n) is 2.28. The first-order valence-electron chi connectivity index (χ1n) is 4.02. The van der Waals surface area contributed by atoms with Crippen LogP contribution in [0.4, 0.5) is 0 Å². The number of rotatable bonds is 1. The maximum atomic E-state index is 10.8. The van der Waals surface area contributed by atoms with Gasteiger partial charge >= 0.3 is 5.97 Å². The molecule has 64 valence electrons. The SMILES string of the molecule is O=C(O)C1CCCc2cncn21. The van der Waals surface area contributed by atoms with E-state index in [2.05, 4.69) is 4.98 Å². The molecule has 1 aliphatic heterocycles. The Morgan fingerprint density at radius 1 is 1.75 bits per heavy atom. The largest absolute Gasteiger partial charge is 0.480 e. The van der Waals surface area contributed by atoms with Gasteiger partial charge < -0.3 is 9.67 Å². The number of fused-ring (bicyclic) bond motifs is 1. The van der Waals surface area contributed by atoms with Gasteiger partial charge in [0.05, 0.1) is 6.33 Å². The maximum Gasteiger partial charge on any atom is 0.326 e. The molecule has 2 rings (SSSR count). The summed E-state index contributed by atoms with van der Waals surface area (Å²) in [4.78, 5) is 14.7. The second-order valence-electron chi connectivity index (χ2n) is 3.04. The van der Waals surface area contributed by atoms with Crippen LogP contribution >= 0.6 is 0 Å². The first kappa shape index (κ1) is 7.34. The van der Waals surface area contributed by atoms with Crippen LogP contribution in [0.3, 0.4) is 0 Å². The van der Waals surface area contributed by atoms with E-state index < -0.39 is 12.0 Å². The fourth-order valence-corrected chi connectivity index (χ4v) is 1.66. The minimum Gasteiger partial charge on any atom is -0.480 e. The zero-order chi connectivity index (χ0) is 8.55. The number of aliphatic carboxylic acids is 1. The predicted octanol–water partition coefficient (Wildman–Crippen LogP) is 0.845. The van der Waals surface area contributed by atoms with Crippen molar-refractivity contribution in [3.8, 4) is 0 Å². The van der Waals surface area contributed by atoms with Gasteiger partial charge in [-0.3, -0.25) is 0 Å². The van der Waals surface area contributed by atoms with Gasteiger partial charge in [0.2, 0.25) is 0 Å². The van der Waals surface area contributed by atoms with E-state index >= 15 is 0 Å². The fraction of sp³-hybridized carbons (Fsp3) is 0.500. The van der Waals surface area contributed by atoms with Crippen molar-refractivity contribution < 1.29 is 9.90 Å². The summed E-state index contributed by atoms with van der Waals surface area (Å²) in [6.45, 7) is 0. The molecule has 1 unspecified atom stereocenters. The highest BCUT2D eigenvalue weighted by Crippen LogP contribution is 2.23. The number of hydrogen-bond donors (Lipinski definition) is 1. The average Bonchev–Trinajstić information content (AvgIpc) is 2.49. The Bertz CT molecular complexity index is 306. The Hall–Kier alpha value is -1.32. The van der Waals surface area contributed by atoms with E-state index in [1.807, 2.05) is 0 Å². The van der Waals surface area contributed by atoms with Gasteiger partial charge in [0.15, 0.2) is 0 Å². The average molecular weight is 166 g/mol. The maximum absolute atomic E-state index is 10.8. The quantitative estimate of drug-likeness (QED) is 0.672. The molecule has 1 N–H and O–H groups in total. The highest BCUT2D eigenvalue weighted by atomic mass is 16.4. The molecule has 0 fully saturated rings. The van der Waals surface area contributed by atoms with Gasteiger partial charge in [-0.1, -0.05) is 0 Å². The summed E-state index contributed by atoms with van der Waals surface area (Å²) in [7, 11) is 0. The molecule has 0 bridgehead atoms. The van der Waals surface area contributed by atoms with E-state index in [0.717, 1.165) is 25.0 Å². The van der Waals surface area contributed by atoms with Crippen LogP contribution < -0.4 is 0 Å². The Balaban J connectivity index is 2.37. The van der Waals surface area contributed by atoms with Gasteiger partial charge in [-0.2, -0.15) is 0 Å². The predicted molar refractivity (Wildman–Crippen MR) is 41.8 cm³/mol. The van der Waals surface area contributed by atoms with Crippen molar-refractivity contribution in [3.63, 3.8) is 0 Å². The van der Waals surface area contributed by atoms with E-state index in [1.165, 1.54) is 0 Å². The van der Waals surface area contributed by atoms with Crippen LogP contribution in [0.2, 0.25) is 0 Å². The molecule has 2 heterocycles. The van der Waals surface area contributed by atoms with Crippen molar-refractivity contribution in [2.45, 2.75) is 25.3 Å². The number of hydrogen-bond acceptors (Lipinski definition) is 2. The minimum atomic E-state index is -0.756. The van der Waals surface area contributed by atoms with Gasteiger partial charge in [-0.25, -0.2) is 9.78 Å². The monoisotopic (exact) mass is 166 g/mol. The summed E-state index contributed by atoms with van der Waals surface area (Å²) < 4.78 is 1.76. The molecular formula is C8H10N2O2. The van der Waals surface area contributed by atoms with Crippen LogP contribution in [-0.4, -0.2) is 20.6 Å². The standard InChI is InChI=1S/C8H10N2O2/c11-8(12)7-3-1-2-6-4-9-5-10(6)7/h4-5,7H,1-3H2,(H,11,12). The molecule has 0 saturated heterocycles. The van der Waals surface area contributed by atoms with E-state index in [0.29, 0.717) is 0 Å². The second-order valence-corrected chi connectivity index (χ2v) is 3.04. The second kappa shape index (κ2) is 2.62. The lowest BCUT2D eigenvalue weighted by atomic mass is 10.0. The highest BCUT2D eigenvalue weighted by molar-refractivity contribution is 5.72. The summed E-state index contributed by atoms with van der Waals surface area (Å²) in [6.07, 6.45) is 5.97. The number of aryl methyl sites for hydroxylation is 1. The van der Waals surface area contributed by atoms with Crippen molar-refractivity contribution in [1.82, 2.24) is 9.55 Å². The summed E-state index contributed by atoms with van der Waals surface area (Å²) in [6, 6.07) is -0.392. The minimum absolute atomic E-state index is 0.392. The van der Waals surface area contributed by atoms with Gasteiger partial charge in [-0.15, -0.1) is 0 Å². The topological polar surface area (TPSA) is 55.1 Å². The first-order valence-corrected chi connectivity index (χ1v) is 4.02. The number of carboxylic acids is 1. The Morgan fingerprint density at radius 3 is 3.33 bits per heavy atom.